The fourth-order valence-corrected chi connectivity index (χ4v) is 1.57. The summed E-state index contributed by atoms with van der Waals surface area (Å²) in [5.74, 6) is 2.07. The van der Waals surface area contributed by atoms with E-state index in [0.717, 1.165) is 11.6 Å². The van der Waals surface area contributed by atoms with E-state index in [-0.39, 0.29) is 12.1 Å². The third-order valence-electron chi connectivity index (χ3n) is 2.51. The number of ether oxygens (including phenoxy) is 1. The molecule has 0 fully saturated rings. The van der Waals surface area contributed by atoms with Crippen LogP contribution in [0.1, 0.15) is 26.1 Å². The van der Waals surface area contributed by atoms with Gasteiger partial charge in [0.15, 0.2) is 5.82 Å². The zero-order chi connectivity index (χ0) is 13.6. The minimum Gasteiger partial charge on any atom is -0.396 e. The molecule has 0 saturated heterocycles. The highest BCUT2D eigenvalue weighted by molar-refractivity contribution is 5.48. The molecule has 0 amide bonds. The monoisotopic (exact) mass is 254 g/mol. The summed E-state index contributed by atoms with van der Waals surface area (Å²) in [7, 11) is 3.42. The molecule has 0 unspecified atom stereocenters. The Morgan fingerprint density at radius 2 is 2.00 bits per heavy atom. The number of nitrogens with one attached hydrogen (secondary N) is 2. The van der Waals surface area contributed by atoms with Crippen LogP contribution >= 0.6 is 0 Å². The van der Waals surface area contributed by atoms with Crippen LogP contribution in [0.5, 0.6) is 0 Å². The first-order valence-electron chi connectivity index (χ1n) is 5.94. The summed E-state index contributed by atoms with van der Waals surface area (Å²) in [5.41, 5.74) is -0.224. The molecule has 0 spiro atoms. The molecule has 0 aliphatic heterocycles. The summed E-state index contributed by atoms with van der Waals surface area (Å²) in [6.07, 6.45) is 0.644. The summed E-state index contributed by atoms with van der Waals surface area (Å²) in [6.45, 7) is 4.53. The lowest BCUT2D eigenvalue weighted by Gasteiger charge is -2.26. The lowest BCUT2D eigenvalue weighted by molar-refractivity contribution is 0.178. The maximum atomic E-state index is 9.01. The molecule has 0 bridgehead atoms. The zero-order valence-electron chi connectivity index (χ0n) is 11.4. The molecule has 0 aliphatic carbocycles. The van der Waals surface area contributed by atoms with E-state index in [4.69, 9.17) is 9.84 Å². The molecule has 0 aliphatic rings. The van der Waals surface area contributed by atoms with Gasteiger partial charge < -0.3 is 20.5 Å². The van der Waals surface area contributed by atoms with Gasteiger partial charge in [-0.3, -0.25) is 0 Å². The summed E-state index contributed by atoms with van der Waals surface area (Å²) in [6, 6.07) is 1.83. The third-order valence-corrected chi connectivity index (χ3v) is 2.51. The fourth-order valence-electron chi connectivity index (χ4n) is 1.57. The predicted molar refractivity (Wildman–Crippen MR) is 71.7 cm³/mol. The molecular weight excluding hydrogens is 232 g/mol. The smallest absolute Gasteiger partial charge is 0.158 e. The van der Waals surface area contributed by atoms with Crippen molar-refractivity contribution in [2.75, 3.05) is 31.4 Å². The van der Waals surface area contributed by atoms with Crippen molar-refractivity contribution < 1.29 is 9.84 Å². The number of hydrogen-bond acceptors (Lipinski definition) is 6. The van der Waals surface area contributed by atoms with Crippen LogP contribution in [0.4, 0.5) is 11.6 Å². The van der Waals surface area contributed by atoms with Gasteiger partial charge in [-0.05, 0) is 20.3 Å². The average Bonchev–Trinajstić information content (AvgIpc) is 2.28. The van der Waals surface area contributed by atoms with Gasteiger partial charge in [-0.15, -0.1) is 0 Å². The predicted octanol–water partition coefficient (Wildman–Crippen LogP) is 1.24. The number of aliphatic hydroxyl groups excluding tert-OH is 1. The van der Waals surface area contributed by atoms with Crippen molar-refractivity contribution in [3.05, 3.63) is 11.9 Å². The zero-order valence-corrected chi connectivity index (χ0v) is 11.4. The highest BCUT2D eigenvalue weighted by atomic mass is 16.5. The van der Waals surface area contributed by atoms with Crippen LogP contribution in [0.2, 0.25) is 0 Å². The van der Waals surface area contributed by atoms with E-state index in [0.29, 0.717) is 18.9 Å². The summed E-state index contributed by atoms with van der Waals surface area (Å²) >= 11 is 0. The summed E-state index contributed by atoms with van der Waals surface area (Å²) < 4.78 is 5.04. The number of aromatic nitrogens is 2. The van der Waals surface area contributed by atoms with Gasteiger partial charge in [-0.2, -0.15) is 0 Å². The molecule has 18 heavy (non-hydrogen) atoms. The maximum Gasteiger partial charge on any atom is 0.158 e. The summed E-state index contributed by atoms with van der Waals surface area (Å²) in [5, 5.41) is 15.3. The largest absolute Gasteiger partial charge is 0.396 e. The number of anilines is 2. The van der Waals surface area contributed by atoms with Crippen molar-refractivity contribution in [3.63, 3.8) is 0 Å². The molecule has 6 heteroatoms. The number of methoxy groups -OCH3 is 1. The third kappa shape index (κ3) is 4.46. The first-order chi connectivity index (χ1) is 8.50. The van der Waals surface area contributed by atoms with E-state index in [1.807, 2.05) is 27.0 Å². The Labute approximate surface area is 108 Å². The van der Waals surface area contributed by atoms with E-state index in [9.17, 15) is 0 Å². The minimum atomic E-state index is -0.224. The number of hydrogen-bond donors (Lipinski definition) is 3. The van der Waals surface area contributed by atoms with Gasteiger partial charge in [0.25, 0.3) is 0 Å². The molecule has 1 aromatic heterocycles. The van der Waals surface area contributed by atoms with Gasteiger partial charge >= 0.3 is 0 Å². The van der Waals surface area contributed by atoms with E-state index in [1.165, 1.54) is 0 Å². The fraction of sp³-hybridized carbons (Fsp3) is 0.667. The second-order valence-electron chi connectivity index (χ2n) is 4.72. The topological polar surface area (TPSA) is 79.3 Å². The Morgan fingerprint density at radius 3 is 2.56 bits per heavy atom. The Morgan fingerprint density at radius 1 is 1.33 bits per heavy atom. The van der Waals surface area contributed by atoms with Crippen LogP contribution in [-0.2, 0) is 11.3 Å². The second kappa shape index (κ2) is 6.51. The highest BCUT2D eigenvalue weighted by Crippen LogP contribution is 2.18. The lowest BCUT2D eigenvalue weighted by Crippen LogP contribution is -2.32. The quantitative estimate of drug-likeness (QED) is 0.679. The molecule has 0 saturated carbocycles. The molecule has 0 radical (unpaired) electrons. The Kier molecular flexibility index (Phi) is 5.30. The molecular formula is C12H22N4O2. The minimum absolute atomic E-state index is 0.134. The first kappa shape index (κ1) is 14.7. The molecule has 1 heterocycles. The van der Waals surface area contributed by atoms with Crippen molar-refractivity contribution >= 4 is 11.6 Å². The van der Waals surface area contributed by atoms with Gasteiger partial charge in [0.1, 0.15) is 18.2 Å². The average molecular weight is 254 g/mol. The van der Waals surface area contributed by atoms with E-state index in [2.05, 4.69) is 20.6 Å². The molecule has 1 rings (SSSR count). The van der Waals surface area contributed by atoms with Crippen LogP contribution in [0.3, 0.4) is 0 Å². The summed E-state index contributed by atoms with van der Waals surface area (Å²) in [4.78, 5) is 8.65. The molecule has 102 valence electrons. The standard InChI is InChI=1S/C12H22N4O2/c1-12(2,5-6-17)16-10-7-9(13-3)14-11(15-10)8-18-4/h7,17H,5-6,8H2,1-4H3,(H2,13,14,15,16). The van der Waals surface area contributed by atoms with Crippen molar-refractivity contribution in [2.24, 2.45) is 0 Å². The lowest BCUT2D eigenvalue weighted by atomic mass is 10.0. The Bertz CT molecular complexity index is 382. The van der Waals surface area contributed by atoms with Crippen LogP contribution < -0.4 is 10.6 Å². The molecule has 6 nitrogen and oxygen atoms in total. The van der Waals surface area contributed by atoms with Crippen molar-refractivity contribution in [1.82, 2.24) is 9.97 Å². The normalized spacial score (nSPS) is 11.4. The van der Waals surface area contributed by atoms with Gasteiger partial charge in [-0.25, -0.2) is 9.97 Å². The highest BCUT2D eigenvalue weighted by Gasteiger charge is 2.18. The number of nitrogens with zero attached hydrogens (tertiary/aromatic N) is 2. The molecule has 0 aromatic carbocycles. The van der Waals surface area contributed by atoms with Gasteiger partial charge in [0, 0.05) is 32.4 Å². The van der Waals surface area contributed by atoms with Crippen molar-refractivity contribution in [2.45, 2.75) is 32.4 Å². The molecule has 1 aromatic rings. The van der Waals surface area contributed by atoms with Crippen molar-refractivity contribution in [3.8, 4) is 0 Å². The van der Waals surface area contributed by atoms with Gasteiger partial charge in [0.05, 0.1) is 0 Å². The number of rotatable bonds is 7. The van der Waals surface area contributed by atoms with Crippen LogP contribution in [0, 0.1) is 0 Å². The van der Waals surface area contributed by atoms with Crippen LogP contribution in [-0.4, -0.2) is 41.4 Å². The maximum absolute atomic E-state index is 9.01. The molecule has 0 atom stereocenters. The Hall–Kier alpha value is -1.40. The van der Waals surface area contributed by atoms with Gasteiger partial charge in [-0.1, -0.05) is 0 Å². The van der Waals surface area contributed by atoms with Crippen LogP contribution in [0.15, 0.2) is 6.07 Å². The number of aliphatic hydroxyl groups is 1. The van der Waals surface area contributed by atoms with E-state index >= 15 is 0 Å². The molecule has 3 N–H and O–H groups in total. The van der Waals surface area contributed by atoms with Crippen molar-refractivity contribution in [1.29, 1.82) is 0 Å². The Balaban J connectivity index is 2.90. The van der Waals surface area contributed by atoms with Gasteiger partial charge in [0.2, 0.25) is 0 Å². The van der Waals surface area contributed by atoms with E-state index in [1.54, 1.807) is 7.11 Å². The SMILES string of the molecule is CNc1cc(NC(C)(C)CCO)nc(COC)n1. The van der Waals surface area contributed by atoms with Crippen LogP contribution in [0.25, 0.3) is 0 Å². The van der Waals surface area contributed by atoms with E-state index < -0.39 is 0 Å². The first-order valence-corrected chi connectivity index (χ1v) is 5.94. The second-order valence-corrected chi connectivity index (χ2v) is 4.72.